The number of carbonyl (C=O) groups is 1. The van der Waals surface area contributed by atoms with E-state index in [1.807, 2.05) is 30.0 Å². The van der Waals surface area contributed by atoms with Crippen molar-refractivity contribution in [2.45, 2.75) is 33.2 Å². The van der Waals surface area contributed by atoms with E-state index in [0.29, 0.717) is 0 Å². The highest BCUT2D eigenvalue weighted by molar-refractivity contribution is 5.94. The zero-order chi connectivity index (χ0) is 15.4. The van der Waals surface area contributed by atoms with Gasteiger partial charge >= 0.3 is 0 Å². The summed E-state index contributed by atoms with van der Waals surface area (Å²) in [5.74, 6) is 0.120. The zero-order valence-corrected chi connectivity index (χ0v) is 13.3. The fourth-order valence-corrected chi connectivity index (χ4v) is 2.85. The summed E-state index contributed by atoms with van der Waals surface area (Å²) in [6.45, 7) is 9.55. The lowest BCUT2D eigenvalue weighted by Crippen LogP contribution is -2.52. The van der Waals surface area contributed by atoms with Gasteiger partial charge in [0.25, 0.3) is 5.91 Å². The Balaban J connectivity index is 1.98. The molecule has 1 aliphatic rings. The molecule has 116 valence electrons. The van der Waals surface area contributed by atoms with E-state index >= 15 is 0 Å². The summed E-state index contributed by atoms with van der Waals surface area (Å²) in [5, 5.41) is 9.37. The largest absolute Gasteiger partial charge is 0.395 e. The molecule has 0 radical (unpaired) electrons. The van der Waals surface area contributed by atoms with E-state index in [1.165, 1.54) is 5.56 Å². The molecule has 1 fully saturated rings. The Morgan fingerprint density at radius 1 is 1.19 bits per heavy atom. The van der Waals surface area contributed by atoms with Gasteiger partial charge in [-0.2, -0.15) is 0 Å². The molecule has 1 atom stereocenters. The molecule has 0 aliphatic carbocycles. The van der Waals surface area contributed by atoms with Crippen LogP contribution >= 0.6 is 0 Å². The maximum atomic E-state index is 12.5. The van der Waals surface area contributed by atoms with Crippen LogP contribution in [0.15, 0.2) is 18.2 Å². The Labute approximate surface area is 127 Å². The molecule has 1 N–H and O–H groups in total. The van der Waals surface area contributed by atoms with Gasteiger partial charge in [0.2, 0.25) is 0 Å². The summed E-state index contributed by atoms with van der Waals surface area (Å²) in [6.07, 6.45) is 0.946. The van der Waals surface area contributed by atoms with Crippen molar-refractivity contribution >= 4 is 5.91 Å². The van der Waals surface area contributed by atoms with Crippen LogP contribution in [-0.2, 0) is 0 Å². The second-order valence-electron chi connectivity index (χ2n) is 5.87. The van der Waals surface area contributed by atoms with Crippen LogP contribution in [0.4, 0.5) is 0 Å². The highest BCUT2D eigenvalue weighted by atomic mass is 16.3. The summed E-state index contributed by atoms with van der Waals surface area (Å²) < 4.78 is 0. The third-order valence-corrected chi connectivity index (χ3v) is 4.55. The van der Waals surface area contributed by atoms with Crippen LogP contribution in [0.25, 0.3) is 0 Å². The molecular formula is C17H26N2O2. The number of nitrogens with zero attached hydrogens (tertiary/aromatic N) is 2. The van der Waals surface area contributed by atoms with Gasteiger partial charge in [0, 0.05) is 37.8 Å². The molecule has 4 heteroatoms. The molecule has 21 heavy (non-hydrogen) atoms. The number of hydrogen-bond donors (Lipinski definition) is 1. The lowest BCUT2D eigenvalue weighted by Gasteiger charge is -2.38. The molecule has 1 heterocycles. The van der Waals surface area contributed by atoms with Crippen molar-refractivity contribution in [3.8, 4) is 0 Å². The molecule has 1 aromatic carbocycles. The lowest BCUT2D eigenvalue weighted by molar-refractivity contribution is 0.0472. The van der Waals surface area contributed by atoms with Crippen LogP contribution in [-0.4, -0.2) is 59.6 Å². The topological polar surface area (TPSA) is 43.8 Å². The molecule has 0 spiro atoms. The summed E-state index contributed by atoms with van der Waals surface area (Å²) in [6, 6.07) is 6.13. The van der Waals surface area contributed by atoms with Gasteiger partial charge in [-0.15, -0.1) is 0 Å². The average molecular weight is 290 g/mol. The number of carbonyl (C=O) groups excluding carboxylic acids is 1. The number of aliphatic hydroxyl groups excluding tert-OH is 1. The van der Waals surface area contributed by atoms with Crippen molar-refractivity contribution in [2.75, 3.05) is 32.8 Å². The molecule has 1 aromatic rings. The van der Waals surface area contributed by atoms with Crippen molar-refractivity contribution in [1.29, 1.82) is 0 Å². The number of rotatable bonds is 4. The smallest absolute Gasteiger partial charge is 0.253 e. The SMILES string of the molecule is CCC(CO)N1CCN(C(=O)c2ccc(C)c(C)c2)CC1. The van der Waals surface area contributed by atoms with Crippen LogP contribution in [0.3, 0.4) is 0 Å². The number of aryl methyl sites for hydroxylation is 2. The summed E-state index contributed by atoms with van der Waals surface area (Å²) in [7, 11) is 0. The van der Waals surface area contributed by atoms with Crippen molar-refractivity contribution < 1.29 is 9.90 Å². The van der Waals surface area contributed by atoms with Gasteiger partial charge in [0.15, 0.2) is 0 Å². The number of benzene rings is 1. The van der Waals surface area contributed by atoms with Gasteiger partial charge < -0.3 is 10.0 Å². The third kappa shape index (κ3) is 3.63. The summed E-state index contributed by atoms with van der Waals surface area (Å²) in [4.78, 5) is 16.7. The van der Waals surface area contributed by atoms with E-state index in [1.54, 1.807) is 0 Å². The predicted molar refractivity (Wildman–Crippen MR) is 84.6 cm³/mol. The molecule has 0 bridgehead atoms. The Morgan fingerprint density at radius 2 is 1.86 bits per heavy atom. The second-order valence-corrected chi connectivity index (χ2v) is 5.87. The first-order chi connectivity index (χ1) is 10.1. The maximum absolute atomic E-state index is 12.5. The minimum atomic E-state index is 0.120. The van der Waals surface area contributed by atoms with Crippen molar-refractivity contribution in [2.24, 2.45) is 0 Å². The van der Waals surface area contributed by atoms with E-state index in [0.717, 1.165) is 43.7 Å². The number of piperazine rings is 1. The molecule has 4 nitrogen and oxygen atoms in total. The fourth-order valence-electron chi connectivity index (χ4n) is 2.85. The first-order valence-corrected chi connectivity index (χ1v) is 7.78. The van der Waals surface area contributed by atoms with E-state index < -0.39 is 0 Å². The molecule has 2 rings (SSSR count). The monoisotopic (exact) mass is 290 g/mol. The van der Waals surface area contributed by atoms with Crippen LogP contribution < -0.4 is 0 Å². The van der Waals surface area contributed by atoms with Crippen molar-refractivity contribution in [3.63, 3.8) is 0 Å². The molecule has 0 aromatic heterocycles. The highest BCUT2D eigenvalue weighted by Gasteiger charge is 2.25. The standard InChI is InChI=1S/C17H26N2O2/c1-4-16(12-20)18-7-9-19(10-8-18)17(21)15-6-5-13(2)14(3)11-15/h5-6,11,16,20H,4,7-10,12H2,1-3H3. The van der Waals surface area contributed by atoms with E-state index in [4.69, 9.17) is 0 Å². The van der Waals surface area contributed by atoms with Crippen molar-refractivity contribution in [1.82, 2.24) is 9.80 Å². The quantitative estimate of drug-likeness (QED) is 0.920. The average Bonchev–Trinajstić information content (AvgIpc) is 2.51. The number of aliphatic hydroxyl groups is 1. The fraction of sp³-hybridized carbons (Fsp3) is 0.588. The zero-order valence-electron chi connectivity index (χ0n) is 13.3. The normalized spacial score (nSPS) is 17.8. The third-order valence-electron chi connectivity index (χ3n) is 4.55. The molecule has 1 unspecified atom stereocenters. The van der Waals surface area contributed by atoms with Crippen LogP contribution in [0, 0.1) is 13.8 Å². The van der Waals surface area contributed by atoms with Gasteiger partial charge in [0.05, 0.1) is 6.61 Å². The maximum Gasteiger partial charge on any atom is 0.253 e. The summed E-state index contributed by atoms with van der Waals surface area (Å²) >= 11 is 0. The van der Waals surface area contributed by atoms with Crippen molar-refractivity contribution in [3.05, 3.63) is 34.9 Å². The van der Waals surface area contributed by atoms with Gasteiger partial charge in [-0.3, -0.25) is 9.69 Å². The predicted octanol–water partition coefficient (Wildman–Crippen LogP) is 1.83. The van der Waals surface area contributed by atoms with Gasteiger partial charge in [-0.25, -0.2) is 0 Å². The summed E-state index contributed by atoms with van der Waals surface area (Å²) in [5.41, 5.74) is 3.15. The first kappa shape index (κ1) is 16.0. The van der Waals surface area contributed by atoms with Gasteiger partial charge in [-0.1, -0.05) is 13.0 Å². The minimum absolute atomic E-state index is 0.120. The molecule has 1 amide bonds. The number of amides is 1. The molecule has 1 aliphatic heterocycles. The van der Waals surface area contributed by atoms with E-state index in [-0.39, 0.29) is 18.6 Å². The Morgan fingerprint density at radius 3 is 2.38 bits per heavy atom. The van der Waals surface area contributed by atoms with Gasteiger partial charge in [0.1, 0.15) is 0 Å². The van der Waals surface area contributed by atoms with E-state index in [9.17, 15) is 9.90 Å². The minimum Gasteiger partial charge on any atom is -0.395 e. The molecular weight excluding hydrogens is 264 g/mol. The van der Waals surface area contributed by atoms with Crippen LogP contribution in [0.5, 0.6) is 0 Å². The first-order valence-electron chi connectivity index (χ1n) is 7.78. The molecule has 0 saturated carbocycles. The van der Waals surface area contributed by atoms with E-state index in [2.05, 4.69) is 18.7 Å². The second kappa shape index (κ2) is 7.05. The Kier molecular flexibility index (Phi) is 5.37. The highest BCUT2D eigenvalue weighted by Crippen LogP contribution is 2.15. The lowest BCUT2D eigenvalue weighted by atomic mass is 10.1. The van der Waals surface area contributed by atoms with Crippen LogP contribution in [0.2, 0.25) is 0 Å². The van der Waals surface area contributed by atoms with Crippen LogP contribution in [0.1, 0.15) is 34.8 Å². The Bertz CT molecular complexity index is 490. The number of hydrogen-bond acceptors (Lipinski definition) is 3. The van der Waals surface area contributed by atoms with Gasteiger partial charge in [-0.05, 0) is 43.5 Å². The Hall–Kier alpha value is -1.39. The molecule has 1 saturated heterocycles.